The van der Waals surface area contributed by atoms with Crippen LogP contribution < -0.4 is 5.73 Å². The van der Waals surface area contributed by atoms with E-state index in [0.717, 1.165) is 16.7 Å². The maximum absolute atomic E-state index is 6.20. The topological polar surface area (TPSA) is 39.2 Å². The Kier molecular flexibility index (Phi) is 2.23. The number of hydrogen-bond donors (Lipinski definition) is 1. The summed E-state index contributed by atoms with van der Waals surface area (Å²) in [5.41, 5.74) is 9.00. The molecule has 0 saturated heterocycles. The highest BCUT2D eigenvalue weighted by molar-refractivity contribution is 6.35. The van der Waals surface area contributed by atoms with Gasteiger partial charge in [-0.2, -0.15) is 0 Å². The van der Waals surface area contributed by atoms with E-state index in [-0.39, 0.29) is 0 Å². The molecule has 1 aliphatic rings. The summed E-state index contributed by atoms with van der Waals surface area (Å²) in [6.07, 6.45) is 2.49. The summed E-state index contributed by atoms with van der Waals surface area (Å²) in [6, 6.07) is 4.09. The lowest BCUT2D eigenvalue weighted by molar-refractivity contribution is 0.546. The number of benzene rings is 1. The van der Waals surface area contributed by atoms with Crippen molar-refractivity contribution in [2.45, 2.75) is 32.2 Å². The van der Waals surface area contributed by atoms with Crippen LogP contribution in [0, 0.1) is 6.92 Å². The third kappa shape index (κ3) is 1.45. The first-order valence-electron chi connectivity index (χ1n) is 5.62. The van der Waals surface area contributed by atoms with Crippen molar-refractivity contribution in [3.63, 3.8) is 0 Å². The zero-order valence-electron chi connectivity index (χ0n) is 9.22. The maximum Gasteiger partial charge on any atom is 0.153 e. The lowest BCUT2D eigenvalue weighted by atomic mass is 10.0. The Labute approximate surface area is 99.4 Å². The van der Waals surface area contributed by atoms with Crippen molar-refractivity contribution >= 4 is 22.6 Å². The van der Waals surface area contributed by atoms with Crippen molar-refractivity contribution in [3.8, 4) is 0 Å². The first-order valence-corrected chi connectivity index (χ1v) is 6.00. The van der Waals surface area contributed by atoms with E-state index in [1.54, 1.807) is 0 Å². The van der Waals surface area contributed by atoms with E-state index in [0.29, 0.717) is 17.5 Å². The summed E-state index contributed by atoms with van der Waals surface area (Å²) in [5.74, 6) is 1.54. The molecule has 16 heavy (non-hydrogen) atoms. The fourth-order valence-corrected chi connectivity index (χ4v) is 2.64. The monoisotopic (exact) mass is 235 g/mol. The van der Waals surface area contributed by atoms with E-state index in [2.05, 4.69) is 13.0 Å². The summed E-state index contributed by atoms with van der Waals surface area (Å²) < 4.78 is 5.78. The van der Waals surface area contributed by atoms with E-state index in [1.165, 1.54) is 24.0 Å². The lowest BCUT2D eigenvalue weighted by Crippen LogP contribution is -1.97. The number of aryl methyl sites for hydroxylation is 1. The molecule has 2 nitrogen and oxygen atoms in total. The molecule has 0 bridgehead atoms. The molecular formula is C13H14ClNO. The third-order valence-corrected chi connectivity index (χ3v) is 3.46. The maximum atomic E-state index is 6.20. The van der Waals surface area contributed by atoms with Crippen LogP contribution in [0.15, 0.2) is 16.5 Å². The van der Waals surface area contributed by atoms with E-state index < -0.39 is 0 Å². The Morgan fingerprint density at radius 3 is 2.81 bits per heavy atom. The smallest absolute Gasteiger partial charge is 0.153 e. The molecule has 2 N–H and O–H groups in total. The van der Waals surface area contributed by atoms with E-state index in [4.69, 9.17) is 21.8 Å². The number of furan rings is 1. The number of halogens is 1. The minimum Gasteiger partial charge on any atom is -0.458 e. The van der Waals surface area contributed by atoms with Crippen molar-refractivity contribution in [3.05, 3.63) is 34.0 Å². The van der Waals surface area contributed by atoms with Crippen LogP contribution in [-0.2, 0) is 6.54 Å². The second kappa shape index (κ2) is 3.51. The number of fused-ring (bicyclic) bond motifs is 1. The molecule has 0 radical (unpaired) electrons. The van der Waals surface area contributed by atoms with Crippen molar-refractivity contribution in [1.82, 2.24) is 0 Å². The van der Waals surface area contributed by atoms with Crippen LogP contribution in [0.4, 0.5) is 0 Å². The Balaban J connectivity index is 2.35. The van der Waals surface area contributed by atoms with Crippen molar-refractivity contribution < 1.29 is 4.42 Å². The minimum atomic E-state index is 0.454. The van der Waals surface area contributed by atoms with Gasteiger partial charge in [0.15, 0.2) is 5.58 Å². The van der Waals surface area contributed by atoms with Crippen LogP contribution in [0.5, 0.6) is 0 Å². The normalized spacial score (nSPS) is 15.9. The standard InChI is InChI=1S/C13H14ClNO/c1-7-4-9-12(8-2-3-8)11(6-15)16-13(9)10(14)5-7/h4-5,8H,2-3,6,15H2,1H3. The summed E-state index contributed by atoms with van der Waals surface area (Å²) >= 11 is 6.20. The van der Waals surface area contributed by atoms with Gasteiger partial charge in [0.2, 0.25) is 0 Å². The summed E-state index contributed by atoms with van der Waals surface area (Å²) in [7, 11) is 0. The van der Waals surface area contributed by atoms with Gasteiger partial charge in [0.25, 0.3) is 0 Å². The molecule has 0 spiro atoms. The first-order chi connectivity index (χ1) is 7.70. The number of nitrogens with two attached hydrogens (primary N) is 1. The molecule has 1 aromatic carbocycles. The molecule has 84 valence electrons. The van der Waals surface area contributed by atoms with E-state index in [1.807, 2.05) is 6.07 Å². The van der Waals surface area contributed by atoms with Crippen molar-refractivity contribution in [2.24, 2.45) is 5.73 Å². The van der Waals surface area contributed by atoms with Crippen LogP contribution >= 0.6 is 11.6 Å². The van der Waals surface area contributed by atoms with Crippen LogP contribution in [0.2, 0.25) is 5.02 Å². The average molecular weight is 236 g/mol. The van der Waals surface area contributed by atoms with Gasteiger partial charge in [0.05, 0.1) is 11.6 Å². The van der Waals surface area contributed by atoms with Gasteiger partial charge in [-0.05, 0) is 43.4 Å². The Bertz CT molecular complexity index is 555. The number of hydrogen-bond acceptors (Lipinski definition) is 2. The van der Waals surface area contributed by atoms with Crippen LogP contribution in [0.3, 0.4) is 0 Å². The first kappa shape index (κ1) is 10.2. The quantitative estimate of drug-likeness (QED) is 0.862. The largest absolute Gasteiger partial charge is 0.458 e. The van der Waals surface area contributed by atoms with Gasteiger partial charge in [-0.3, -0.25) is 0 Å². The Hall–Kier alpha value is -0.990. The summed E-state index contributed by atoms with van der Waals surface area (Å²) in [6.45, 7) is 2.51. The fraction of sp³-hybridized carbons (Fsp3) is 0.385. The SMILES string of the molecule is Cc1cc(Cl)c2oc(CN)c(C3CC3)c2c1. The van der Waals surface area contributed by atoms with Crippen molar-refractivity contribution in [2.75, 3.05) is 0 Å². The van der Waals surface area contributed by atoms with Crippen LogP contribution in [-0.4, -0.2) is 0 Å². The molecule has 0 atom stereocenters. The Morgan fingerprint density at radius 1 is 1.44 bits per heavy atom. The molecule has 3 rings (SSSR count). The molecule has 0 amide bonds. The average Bonchev–Trinajstić information content (AvgIpc) is 3.00. The zero-order valence-corrected chi connectivity index (χ0v) is 9.97. The molecule has 1 aromatic heterocycles. The highest BCUT2D eigenvalue weighted by atomic mass is 35.5. The molecule has 1 aliphatic carbocycles. The lowest BCUT2D eigenvalue weighted by Gasteiger charge is -1.98. The Morgan fingerprint density at radius 2 is 2.19 bits per heavy atom. The van der Waals surface area contributed by atoms with Gasteiger partial charge in [-0.1, -0.05) is 11.6 Å². The predicted molar refractivity (Wildman–Crippen MR) is 65.8 cm³/mol. The molecular weight excluding hydrogens is 222 g/mol. The van der Waals surface area contributed by atoms with Crippen LogP contribution in [0.1, 0.15) is 35.6 Å². The van der Waals surface area contributed by atoms with Gasteiger partial charge in [-0.15, -0.1) is 0 Å². The van der Waals surface area contributed by atoms with Gasteiger partial charge >= 0.3 is 0 Å². The second-order valence-corrected chi connectivity index (χ2v) is 4.95. The molecule has 0 unspecified atom stereocenters. The number of rotatable bonds is 2. The van der Waals surface area contributed by atoms with Gasteiger partial charge in [0, 0.05) is 10.9 Å². The highest BCUT2D eigenvalue weighted by Crippen LogP contribution is 2.47. The fourth-order valence-electron chi connectivity index (χ4n) is 2.33. The second-order valence-electron chi connectivity index (χ2n) is 4.54. The van der Waals surface area contributed by atoms with Crippen molar-refractivity contribution in [1.29, 1.82) is 0 Å². The molecule has 2 aromatic rings. The molecule has 1 fully saturated rings. The third-order valence-electron chi connectivity index (χ3n) is 3.17. The summed E-state index contributed by atoms with van der Waals surface area (Å²) in [5, 5.41) is 1.85. The van der Waals surface area contributed by atoms with Gasteiger partial charge < -0.3 is 10.2 Å². The van der Waals surface area contributed by atoms with E-state index >= 15 is 0 Å². The van der Waals surface area contributed by atoms with Gasteiger partial charge in [0.1, 0.15) is 5.76 Å². The zero-order chi connectivity index (χ0) is 11.3. The molecule has 3 heteroatoms. The van der Waals surface area contributed by atoms with Gasteiger partial charge in [-0.25, -0.2) is 0 Å². The summed E-state index contributed by atoms with van der Waals surface area (Å²) in [4.78, 5) is 0. The minimum absolute atomic E-state index is 0.454. The molecule has 1 heterocycles. The highest BCUT2D eigenvalue weighted by Gasteiger charge is 2.30. The van der Waals surface area contributed by atoms with Crippen LogP contribution in [0.25, 0.3) is 11.0 Å². The molecule has 0 aliphatic heterocycles. The van der Waals surface area contributed by atoms with E-state index in [9.17, 15) is 0 Å². The molecule has 1 saturated carbocycles. The predicted octanol–water partition coefficient (Wildman–Crippen LogP) is 3.73.